The van der Waals surface area contributed by atoms with Crippen molar-refractivity contribution in [3.8, 4) is 23.3 Å². The second-order valence-electron chi connectivity index (χ2n) is 2.53. The van der Waals surface area contributed by atoms with E-state index in [4.69, 9.17) is 14.6 Å². The molecule has 14 heavy (non-hydrogen) atoms. The number of hydrogen-bond donors (Lipinski definition) is 1. The van der Waals surface area contributed by atoms with Crippen LogP contribution in [0.2, 0.25) is 0 Å². The summed E-state index contributed by atoms with van der Waals surface area (Å²) in [6.45, 7) is -0.166. The Morgan fingerprint density at radius 3 is 2.64 bits per heavy atom. The Morgan fingerprint density at radius 2 is 2.07 bits per heavy atom. The fourth-order valence-electron chi connectivity index (χ4n) is 1.05. The summed E-state index contributed by atoms with van der Waals surface area (Å²) >= 11 is 0. The van der Waals surface area contributed by atoms with Gasteiger partial charge in [-0.3, -0.25) is 0 Å². The molecule has 0 aliphatic rings. The van der Waals surface area contributed by atoms with Gasteiger partial charge < -0.3 is 14.6 Å². The van der Waals surface area contributed by atoms with Crippen molar-refractivity contribution in [1.82, 2.24) is 0 Å². The lowest BCUT2D eigenvalue weighted by Crippen LogP contribution is -1.90. The number of hydrogen-bond acceptors (Lipinski definition) is 3. The molecule has 1 aromatic carbocycles. The van der Waals surface area contributed by atoms with Crippen LogP contribution in [0, 0.1) is 11.8 Å². The van der Waals surface area contributed by atoms with Crippen LogP contribution in [-0.2, 0) is 0 Å². The van der Waals surface area contributed by atoms with Crippen LogP contribution in [0.5, 0.6) is 11.5 Å². The van der Waals surface area contributed by atoms with Crippen molar-refractivity contribution in [2.24, 2.45) is 0 Å². The molecule has 74 valence electrons. The third kappa shape index (κ3) is 2.41. The van der Waals surface area contributed by atoms with Crippen LogP contribution in [0.15, 0.2) is 18.2 Å². The van der Waals surface area contributed by atoms with Crippen molar-refractivity contribution in [3.63, 3.8) is 0 Å². The number of methoxy groups -OCH3 is 2. The zero-order valence-electron chi connectivity index (χ0n) is 8.20. The maximum absolute atomic E-state index is 8.57. The number of rotatable bonds is 2. The molecule has 0 unspecified atom stereocenters. The van der Waals surface area contributed by atoms with Gasteiger partial charge in [0.2, 0.25) is 0 Å². The van der Waals surface area contributed by atoms with Crippen molar-refractivity contribution in [2.75, 3.05) is 20.8 Å². The summed E-state index contributed by atoms with van der Waals surface area (Å²) in [5.74, 6) is 6.73. The third-order valence-electron chi connectivity index (χ3n) is 1.71. The standard InChI is InChI=1S/C11H12O3/c1-13-10-5-6-11(14-2)9(8-10)4-3-7-12/h5-6,8,12H,7H2,1-2H3. The molecule has 1 N–H and O–H groups in total. The van der Waals surface area contributed by atoms with E-state index in [1.54, 1.807) is 32.4 Å². The van der Waals surface area contributed by atoms with E-state index in [1.807, 2.05) is 0 Å². The highest BCUT2D eigenvalue weighted by Crippen LogP contribution is 2.22. The molecule has 0 fully saturated rings. The van der Waals surface area contributed by atoms with Gasteiger partial charge in [-0.15, -0.1) is 0 Å². The van der Waals surface area contributed by atoms with Crippen LogP contribution in [0.1, 0.15) is 5.56 Å². The molecular weight excluding hydrogens is 180 g/mol. The van der Waals surface area contributed by atoms with Crippen LogP contribution in [0.4, 0.5) is 0 Å². The Labute approximate surface area is 83.3 Å². The smallest absolute Gasteiger partial charge is 0.134 e. The second-order valence-corrected chi connectivity index (χ2v) is 2.53. The first-order chi connectivity index (χ1) is 6.81. The highest BCUT2D eigenvalue weighted by atomic mass is 16.5. The number of aliphatic hydroxyl groups excluding tert-OH is 1. The van der Waals surface area contributed by atoms with Crippen LogP contribution in [0.25, 0.3) is 0 Å². The molecule has 3 heteroatoms. The van der Waals surface area contributed by atoms with E-state index < -0.39 is 0 Å². The summed E-state index contributed by atoms with van der Waals surface area (Å²) in [6.07, 6.45) is 0. The average molecular weight is 192 g/mol. The molecule has 0 aliphatic carbocycles. The van der Waals surface area contributed by atoms with Gasteiger partial charge in [0.15, 0.2) is 0 Å². The molecular formula is C11H12O3. The van der Waals surface area contributed by atoms with Crippen molar-refractivity contribution in [3.05, 3.63) is 23.8 Å². The van der Waals surface area contributed by atoms with Gasteiger partial charge in [-0.1, -0.05) is 11.8 Å². The van der Waals surface area contributed by atoms with Gasteiger partial charge in [0.25, 0.3) is 0 Å². The highest BCUT2D eigenvalue weighted by Gasteiger charge is 2.01. The van der Waals surface area contributed by atoms with E-state index in [-0.39, 0.29) is 6.61 Å². The van der Waals surface area contributed by atoms with E-state index in [9.17, 15) is 0 Å². The summed E-state index contributed by atoms with van der Waals surface area (Å²) in [4.78, 5) is 0. The number of benzene rings is 1. The molecule has 1 aromatic rings. The minimum absolute atomic E-state index is 0.166. The minimum Gasteiger partial charge on any atom is -0.497 e. The van der Waals surface area contributed by atoms with E-state index in [1.165, 1.54) is 0 Å². The van der Waals surface area contributed by atoms with Crippen LogP contribution < -0.4 is 9.47 Å². The monoisotopic (exact) mass is 192 g/mol. The lowest BCUT2D eigenvalue weighted by atomic mass is 10.2. The largest absolute Gasteiger partial charge is 0.497 e. The maximum Gasteiger partial charge on any atom is 0.134 e. The van der Waals surface area contributed by atoms with Gasteiger partial charge in [0, 0.05) is 0 Å². The number of ether oxygens (including phenoxy) is 2. The zero-order valence-corrected chi connectivity index (χ0v) is 8.20. The molecule has 0 atom stereocenters. The summed E-state index contributed by atoms with van der Waals surface area (Å²) < 4.78 is 10.2. The van der Waals surface area contributed by atoms with Gasteiger partial charge in [-0.05, 0) is 18.2 Å². The number of aliphatic hydroxyl groups is 1. The molecule has 0 saturated carbocycles. The molecule has 1 rings (SSSR count). The second kappa shape index (κ2) is 5.15. The topological polar surface area (TPSA) is 38.7 Å². The van der Waals surface area contributed by atoms with Crippen LogP contribution >= 0.6 is 0 Å². The van der Waals surface area contributed by atoms with Gasteiger partial charge >= 0.3 is 0 Å². The molecule has 0 bridgehead atoms. The lowest BCUT2D eigenvalue weighted by Gasteiger charge is -2.05. The Balaban J connectivity index is 3.08. The van der Waals surface area contributed by atoms with E-state index in [2.05, 4.69) is 11.8 Å². The summed E-state index contributed by atoms with van der Waals surface area (Å²) in [5.41, 5.74) is 0.709. The van der Waals surface area contributed by atoms with Crippen molar-refractivity contribution in [1.29, 1.82) is 0 Å². The average Bonchev–Trinajstić information content (AvgIpc) is 2.25. The molecule has 0 spiro atoms. The molecule has 0 amide bonds. The molecule has 0 radical (unpaired) electrons. The fourth-order valence-corrected chi connectivity index (χ4v) is 1.05. The first-order valence-electron chi connectivity index (χ1n) is 4.13. The quantitative estimate of drug-likeness (QED) is 0.712. The van der Waals surface area contributed by atoms with Gasteiger partial charge in [-0.25, -0.2) is 0 Å². The maximum atomic E-state index is 8.57. The van der Waals surface area contributed by atoms with Crippen molar-refractivity contribution in [2.45, 2.75) is 0 Å². The first kappa shape index (κ1) is 10.4. The molecule has 0 saturated heterocycles. The Kier molecular flexibility index (Phi) is 3.84. The fraction of sp³-hybridized carbons (Fsp3) is 0.273. The van der Waals surface area contributed by atoms with Crippen molar-refractivity contribution < 1.29 is 14.6 Å². The first-order valence-corrected chi connectivity index (χ1v) is 4.13. The van der Waals surface area contributed by atoms with Crippen LogP contribution in [0.3, 0.4) is 0 Å². The van der Waals surface area contributed by atoms with E-state index in [0.717, 1.165) is 0 Å². The van der Waals surface area contributed by atoms with Gasteiger partial charge in [0.05, 0.1) is 19.8 Å². The van der Waals surface area contributed by atoms with Gasteiger partial charge in [0.1, 0.15) is 18.1 Å². The predicted molar refractivity (Wildman–Crippen MR) is 53.5 cm³/mol. The van der Waals surface area contributed by atoms with Crippen LogP contribution in [-0.4, -0.2) is 25.9 Å². The summed E-state index contributed by atoms with van der Waals surface area (Å²) in [5, 5.41) is 8.57. The Bertz CT molecular complexity index is 361. The third-order valence-corrected chi connectivity index (χ3v) is 1.71. The molecule has 3 nitrogen and oxygen atoms in total. The van der Waals surface area contributed by atoms with Crippen molar-refractivity contribution >= 4 is 0 Å². The van der Waals surface area contributed by atoms with Gasteiger partial charge in [-0.2, -0.15) is 0 Å². The Morgan fingerprint density at radius 1 is 1.29 bits per heavy atom. The van der Waals surface area contributed by atoms with E-state index in [0.29, 0.717) is 17.1 Å². The normalized spacial score (nSPS) is 8.79. The zero-order chi connectivity index (χ0) is 10.4. The summed E-state index contributed by atoms with van der Waals surface area (Å²) in [7, 11) is 3.16. The molecule has 0 aliphatic heterocycles. The van der Waals surface area contributed by atoms with E-state index >= 15 is 0 Å². The Hall–Kier alpha value is -1.66. The lowest BCUT2D eigenvalue weighted by molar-refractivity contribution is 0.350. The SMILES string of the molecule is COc1ccc(OC)c(C#CCO)c1. The predicted octanol–water partition coefficient (Wildman–Crippen LogP) is 1.05. The summed E-state index contributed by atoms with van der Waals surface area (Å²) in [6, 6.07) is 5.34. The molecule has 0 heterocycles. The minimum atomic E-state index is -0.166. The highest BCUT2D eigenvalue weighted by molar-refractivity contribution is 5.50. The molecule has 0 aromatic heterocycles.